The van der Waals surface area contributed by atoms with Crippen molar-refractivity contribution in [2.24, 2.45) is 0 Å². The number of rotatable bonds is 5. The predicted molar refractivity (Wildman–Crippen MR) is 115 cm³/mol. The average molecular weight is 390 g/mol. The van der Waals surface area contributed by atoms with Crippen LogP contribution in [-0.4, -0.2) is 48.4 Å². The highest BCUT2D eigenvalue weighted by molar-refractivity contribution is 5.96. The Morgan fingerprint density at radius 3 is 2.52 bits per heavy atom. The second kappa shape index (κ2) is 8.49. The molecule has 1 aliphatic heterocycles. The van der Waals surface area contributed by atoms with E-state index in [4.69, 9.17) is 0 Å². The van der Waals surface area contributed by atoms with Gasteiger partial charge >= 0.3 is 0 Å². The van der Waals surface area contributed by atoms with Gasteiger partial charge in [-0.3, -0.25) is 14.5 Å². The number of nitrogens with one attached hydrogen (secondary N) is 3. The van der Waals surface area contributed by atoms with Gasteiger partial charge in [0.15, 0.2) is 0 Å². The summed E-state index contributed by atoms with van der Waals surface area (Å²) in [6, 6.07) is 15.4. The van der Waals surface area contributed by atoms with E-state index in [9.17, 15) is 9.59 Å². The zero-order valence-corrected chi connectivity index (χ0v) is 16.6. The van der Waals surface area contributed by atoms with Gasteiger partial charge in [0, 0.05) is 35.4 Å². The minimum atomic E-state index is -0.138. The molecule has 0 aliphatic carbocycles. The monoisotopic (exact) mass is 390 g/mol. The molecule has 3 N–H and O–H groups in total. The molecule has 0 saturated carbocycles. The third-order valence-electron chi connectivity index (χ3n) is 5.67. The fourth-order valence-electron chi connectivity index (χ4n) is 4.09. The lowest BCUT2D eigenvalue weighted by Crippen LogP contribution is -2.38. The Morgan fingerprint density at radius 1 is 1.07 bits per heavy atom. The smallest absolute Gasteiger partial charge is 0.251 e. The molecule has 4 rings (SSSR count). The highest BCUT2D eigenvalue weighted by atomic mass is 16.2. The maximum Gasteiger partial charge on any atom is 0.251 e. The number of H-pyrrole nitrogens is 1. The van der Waals surface area contributed by atoms with Gasteiger partial charge in [-0.1, -0.05) is 18.2 Å². The third-order valence-corrected chi connectivity index (χ3v) is 5.67. The number of anilines is 1. The van der Waals surface area contributed by atoms with Crippen LogP contribution in [0.2, 0.25) is 0 Å². The van der Waals surface area contributed by atoms with E-state index >= 15 is 0 Å². The van der Waals surface area contributed by atoms with Crippen molar-refractivity contribution in [3.8, 4) is 0 Å². The van der Waals surface area contributed by atoms with E-state index in [0.29, 0.717) is 23.7 Å². The van der Waals surface area contributed by atoms with Gasteiger partial charge in [0.1, 0.15) is 0 Å². The van der Waals surface area contributed by atoms with Crippen molar-refractivity contribution >= 4 is 28.4 Å². The summed E-state index contributed by atoms with van der Waals surface area (Å²) in [6.07, 6.45) is 4.24. The lowest BCUT2D eigenvalue weighted by Gasteiger charge is -2.31. The van der Waals surface area contributed by atoms with Crippen molar-refractivity contribution in [2.75, 3.05) is 32.0 Å². The number of hydrogen-bond acceptors (Lipinski definition) is 3. The SMILES string of the molecule is CNC(=O)c1ccc(NC(=O)CN2CCC(c3c[nH]c4ccccc34)CC2)cc1. The Bertz CT molecular complexity index is 1000. The van der Waals surface area contributed by atoms with E-state index in [0.717, 1.165) is 25.9 Å². The zero-order valence-electron chi connectivity index (χ0n) is 16.6. The summed E-state index contributed by atoms with van der Waals surface area (Å²) >= 11 is 0. The number of fused-ring (bicyclic) bond motifs is 1. The van der Waals surface area contributed by atoms with Crippen LogP contribution in [0, 0.1) is 0 Å². The molecule has 1 aromatic heterocycles. The van der Waals surface area contributed by atoms with Crippen molar-refractivity contribution in [3.63, 3.8) is 0 Å². The fourth-order valence-corrected chi connectivity index (χ4v) is 4.09. The van der Waals surface area contributed by atoms with Crippen molar-refractivity contribution in [1.29, 1.82) is 0 Å². The molecule has 29 heavy (non-hydrogen) atoms. The number of likely N-dealkylation sites (tertiary alicyclic amines) is 1. The number of carbonyl (C=O) groups excluding carboxylic acids is 2. The minimum absolute atomic E-state index is 0.0248. The molecule has 0 radical (unpaired) electrons. The molecular formula is C23H26N4O2. The number of para-hydroxylation sites is 1. The van der Waals surface area contributed by atoms with Crippen LogP contribution in [0.25, 0.3) is 10.9 Å². The predicted octanol–water partition coefficient (Wildman–Crippen LogP) is 3.35. The molecule has 2 aromatic carbocycles. The lowest BCUT2D eigenvalue weighted by atomic mass is 9.89. The summed E-state index contributed by atoms with van der Waals surface area (Å²) in [5, 5.41) is 6.81. The van der Waals surface area contributed by atoms with E-state index in [1.807, 2.05) is 0 Å². The normalized spacial score (nSPS) is 15.3. The number of aromatic nitrogens is 1. The highest BCUT2D eigenvalue weighted by Crippen LogP contribution is 2.32. The van der Waals surface area contributed by atoms with Gasteiger partial charge in [0.05, 0.1) is 6.54 Å². The molecular weight excluding hydrogens is 364 g/mol. The minimum Gasteiger partial charge on any atom is -0.361 e. The van der Waals surface area contributed by atoms with Crippen LogP contribution < -0.4 is 10.6 Å². The summed E-state index contributed by atoms with van der Waals surface area (Å²) in [5.41, 5.74) is 3.86. The zero-order chi connectivity index (χ0) is 20.2. The first-order valence-electron chi connectivity index (χ1n) is 10.0. The number of carbonyl (C=O) groups is 2. The summed E-state index contributed by atoms with van der Waals surface area (Å²) in [4.78, 5) is 29.6. The van der Waals surface area contributed by atoms with Gasteiger partial charge < -0.3 is 15.6 Å². The standard InChI is InChI=1S/C23H26N4O2/c1-24-23(29)17-6-8-18(9-7-17)26-22(28)15-27-12-10-16(11-13-27)20-14-25-21-5-3-2-4-19(20)21/h2-9,14,16,25H,10-13,15H2,1H3,(H,24,29)(H,26,28). The van der Waals surface area contributed by atoms with Gasteiger partial charge in [-0.05, 0) is 67.7 Å². The van der Waals surface area contributed by atoms with E-state index in [-0.39, 0.29) is 11.8 Å². The Hall–Kier alpha value is -3.12. The molecule has 6 heteroatoms. The lowest BCUT2D eigenvalue weighted by molar-refractivity contribution is -0.117. The molecule has 3 aromatic rings. The van der Waals surface area contributed by atoms with Gasteiger partial charge in [0.2, 0.25) is 5.91 Å². The van der Waals surface area contributed by atoms with Crippen LogP contribution >= 0.6 is 0 Å². The van der Waals surface area contributed by atoms with Crippen molar-refractivity contribution in [2.45, 2.75) is 18.8 Å². The van der Waals surface area contributed by atoms with Gasteiger partial charge in [-0.2, -0.15) is 0 Å². The second-order valence-electron chi connectivity index (χ2n) is 7.54. The molecule has 2 heterocycles. The van der Waals surface area contributed by atoms with E-state index in [1.54, 1.807) is 31.3 Å². The summed E-state index contributed by atoms with van der Waals surface area (Å²) in [5.74, 6) is 0.368. The number of piperidine rings is 1. The molecule has 0 atom stereocenters. The first-order chi connectivity index (χ1) is 14.1. The van der Waals surface area contributed by atoms with Gasteiger partial charge in [0.25, 0.3) is 5.91 Å². The second-order valence-corrected chi connectivity index (χ2v) is 7.54. The first kappa shape index (κ1) is 19.2. The number of nitrogens with zero attached hydrogens (tertiary/aromatic N) is 1. The van der Waals surface area contributed by atoms with E-state index in [1.165, 1.54) is 16.5 Å². The Labute approximate surface area is 170 Å². The van der Waals surface area contributed by atoms with Crippen LogP contribution in [0.15, 0.2) is 54.7 Å². The number of hydrogen-bond donors (Lipinski definition) is 3. The van der Waals surface area contributed by atoms with Crippen molar-refractivity contribution in [1.82, 2.24) is 15.2 Å². The van der Waals surface area contributed by atoms with Gasteiger partial charge in [-0.15, -0.1) is 0 Å². The van der Waals surface area contributed by atoms with Crippen LogP contribution in [-0.2, 0) is 4.79 Å². The molecule has 2 amide bonds. The Balaban J connectivity index is 1.29. The van der Waals surface area contributed by atoms with E-state index < -0.39 is 0 Å². The molecule has 0 unspecified atom stereocenters. The highest BCUT2D eigenvalue weighted by Gasteiger charge is 2.23. The average Bonchev–Trinajstić information content (AvgIpc) is 3.18. The largest absolute Gasteiger partial charge is 0.361 e. The molecule has 1 fully saturated rings. The molecule has 1 aliphatic rings. The molecule has 6 nitrogen and oxygen atoms in total. The molecule has 0 spiro atoms. The van der Waals surface area contributed by atoms with Crippen LogP contribution in [0.3, 0.4) is 0 Å². The topological polar surface area (TPSA) is 77.2 Å². The summed E-state index contributed by atoms with van der Waals surface area (Å²) in [6.45, 7) is 2.21. The van der Waals surface area contributed by atoms with Crippen LogP contribution in [0.4, 0.5) is 5.69 Å². The van der Waals surface area contributed by atoms with Crippen LogP contribution in [0.1, 0.15) is 34.7 Å². The first-order valence-corrected chi connectivity index (χ1v) is 10.0. The maximum absolute atomic E-state index is 12.4. The Morgan fingerprint density at radius 2 is 1.79 bits per heavy atom. The Kier molecular flexibility index (Phi) is 5.62. The van der Waals surface area contributed by atoms with E-state index in [2.05, 4.69) is 51.0 Å². The summed E-state index contributed by atoms with van der Waals surface area (Å²) < 4.78 is 0. The summed E-state index contributed by atoms with van der Waals surface area (Å²) in [7, 11) is 1.60. The number of amides is 2. The molecule has 0 bridgehead atoms. The number of aromatic amines is 1. The van der Waals surface area contributed by atoms with Crippen LogP contribution in [0.5, 0.6) is 0 Å². The molecule has 150 valence electrons. The van der Waals surface area contributed by atoms with Crippen molar-refractivity contribution < 1.29 is 9.59 Å². The molecule has 1 saturated heterocycles. The quantitative estimate of drug-likeness (QED) is 0.625. The van der Waals surface area contributed by atoms with Gasteiger partial charge in [-0.25, -0.2) is 0 Å². The maximum atomic E-state index is 12.4. The fraction of sp³-hybridized carbons (Fsp3) is 0.304. The van der Waals surface area contributed by atoms with Crippen molar-refractivity contribution in [3.05, 3.63) is 65.9 Å². The number of benzene rings is 2. The third kappa shape index (κ3) is 4.32.